The number of piperazine rings is 1. The van der Waals surface area contributed by atoms with Crippen LogP contribution in [0.2, 0.25) is 0 Å². The SMILES string of the molecule is CCC(CC)C(=O)N(C)CC(O)CN1CCN(C)CC1. The Morgan fingerprint density at radius 2 is 1.75 bits per heavy atom. The number of hydrogen-bond donors (Lipinski definition) is 1. The van der Waals surface area contributed by atoms with Crippen molar-refractivity contribution in [3.8, 4) is 0 Å². The molecule has 1 aliphatic heterocycles. The number of aliphatic hydroxyl groups is 1. The van der Waals surface area contributed by atoms with Crippen LogP contribution in [-0.2, 0) is 4.79 Å². The van der Waals surface area contributed by atoms with Crippen molar-refractivity contribution in [3.05, 3.63) is 0 Å². The molecule has 0 spiro atoms. The summed E-state index contributed by atoms with van der Waals surface area (Å²) >= 11 is 0. The predicted molar refractivity (Wildman–Crippen MR) is 81.7 cm³/mol. The largest absolute Gasteiger partial charge is 0.390 e. The molecule has 118 valence electrons. The molecule has 1 heterocycles. The molecule has 1 N–H and O–H groups in total. The van der Waals surface area contributed by atoms with Crippen molar-refractivity contribution in [2.24, 2.45) is 5.92 Å². The summed E-state index contributed by atoms with van der Waals surface area (Å²) < 4.78 is 0. The van der Waals surface area contributed by atoms with Crippen molar-refractivity contribution < 1.29 is 9.90 Å². The number of carbonyl (C=O) groups is 1. The summed E-state index contributed by atoms with van der Waals surface area (Å²) in [4.78, 5) is 18.4. The Balaban J connectivity index is 2.33. The van der Waals surface area contributed by atoms with Gasteiger partial charge >= 0.3 is 0 Å². The number of hydrogen-bond acceptors (Lipinski definition) is 4. The van der Waals surface area contributed by atoms with Crippen LogP contribution in [0.1, 0.15) is 26.7 Å². The number of β-amino-alcohol motifs (C(OH)–C–C–N with tert-alkyl or cyclic N) is 1. The first-order valence-corrected chi connectivity index (χ1v) is 7.81. The fourth-order valence-corrected chi connectivity index (χ4v) is 2.74. The van der Waals surface area contributed by atoms with Crippen LogP contribution in [0.25, 0.3) is 0 Å². The van der Waals surface area contributed by atoms with E-state index >= 15 is 0 Å². The molecule has 20 heavy (non-hydrogen) atoms. The van der Waals surface area contributed by atoms with Crippen LogP contribution >= 0.6 is 0 Å². The summed E-state index contributed by atoms with van der Waals surface area (Å²) in [5.74, 6) is 0.253. The van der Waals surface area contributed by atoms with Crippen molar-refractivity contribution in [3.63, 3.8) is 0 Å². The molecule has 1 saturated heterocycles. The molecular formula is C15H31N3O2. The lowest BCUT2D eigenvalue weighted by molar-refractivity contribution is -0.135. The molecule has 0 bridgehead atoms. The Morgan fingerprint density at radius 1 is 1.20 bits per heavy atom. The highest BCUT2D eigenvalue weighted by molar-refractivity contribution is 5.78. The first-order chi connectivity index (χ1) is 9.47. The highest BCUT2D eigenvalue weighted by Gasteiger charge is 2.22. The van der Waals surface area contributed by atoms with Crippen molar-refractivity contribution in [1.29, 1.82) is 0 Å². The third-order valence-corrected chi connectivity index (χ3v) is 4.26. The van der Waals surface area contributed by atoms with Crippen LogP contribution < -0.4 is 0 Å². The van der Waals surface area contributed by atoms with E-state index in [1.165, 1.54) is 0 Å². The molecule has 1 aliphatic rings. The van der Waals surface area contributed by atoms with Gasteiger partial charge in [0.2, 0.25) is 5.91 Å². The molecule has 5 heteroatoms. The van der Waals surface area contributed by atoms with Gasteiger partial charge < -0.3 is 14.9 Å². The van der Waals surface area contributed by atoms with Crippen LogP contribution in [0.5, 0.6) is 0 Å². The Bertz CT molecular complexity index is 287. The minimum Gasteiger partial charge on any atom is -0.390 e. The van der Waals surface area contributed by atoms with Crippen molar-refractivity contribution >= 4 is 5.91 Å². The third kappa shape index (κ3) is 5.38. The fraction of sp³-hybridized carbons (Fsp3) is 0.933. The van der Waals surface area contributed by atoms with E-state index in [2.05, 4.69) is 16.8 Å². The van der Waals surface area contributed by atoms with Gasteiger partial charge in [-0.2, -0.15) is 0 Å². The lowest BCUT2D eigenvalue weighted by Crippen LogP contribution is -2.49. The maximum Gasteiger partial charge on any atom is 0.225 e. The Kier molecular flexibility index (Phi) is 7.48. The molecule has 5 nitrogen and oxygen atoms in total. The van der Waals surface area contributed by atoms with E-state index in [0.717, 1.165) is 39.0 Å². The van der Waals surface area contributed by atoms with Gasteiger partial charge in [-0.1, -0.05) is 13.8 Å². The van der Waals surface area contributed by atoms with E-state index < -0.39 is 6.10 Å². The van der Waals surface area contributed by atoms with Crippen LogP contribution in [0, 0.1) is 5.92 Å². The normalized spacial score (nSPS) is 19.3. The molecule has 0 aromatic carbocycles. The van der Waals surface area contributed by atoms with E-state index in [-0.39, 0.29) is 11.8 Å². The van der Waals surface area contributed by atoms with Gasteiger partial charge in [0.05, 0.1) is 6.10 Å². The summed E-state index contributed by atoms with van der Waals surface area (Å²) in [7, 11) is 3.92. The number of likely N-dealkylation sites (N-methyl/N-ethyl adjacent to an activating group) is 2. The lowest BCUT2D eigenvalue weighted by Gasteiger charge is -2.34. The van der Waals surface area contributed by atoms with Gasteiger partial charge in [-0.25, -0.2) is 0 Å². The molecule has 0 radical (unpaired) electrons. The number of amides is 1. The van der Waals surface area contributed by atoms with Crippen LogP contribution in [-0.4, -0.2) is 85.2 Å². The van der Waals surface area contributed by atoms with Gasteiger partial charge in [0.1, 0.15) is 0 Å². The maximum absolute atomic E-state index is 12.2. The van der Waals surface area contributed by atoms with Gasteiger partial charge in [0.25, 0.3) is 0 Å². The second-order valence-electron chi connectivity index (χ2n) is 5.99. The van der Waals surface area contributed by atoms with Gasteiger partial charge in [-0.05, 0) is 19.9 Å². The van der Waals surface area contributed by atoms with E-state index in [1.54, 1.807) is 11.9 Å². The Hall–Kier alpha value is -0.650. The van der Waals surface area contributed by atoms with Crippen molar-refractivity contribution in [1.82, 2.24) is 14.7 Å². The second-order valence-corrected chi connectivity index (χ2v) is 5.99. The fourth-order valence-electron chi connectivity index (χ4n) is 2.74. The molecule has 0 aromatic heterocycles. The van der Waals surface area contributed by atoms with Crippen LogP contribution in [0.4, 0.5) is 0 Å². The summed E-state index contributed by atoms with van der Waals surface area (Å²) in [6.07, 6.45) is 1.28. The van der Waals surface area contributed by atoms with Crippen molar-refractivity contribution in [2.75, 3.05) is 53.4 Å². The molecule has 1 rings (SSSR count). The highest BCUT2D eigenvalue weighted by atomic mass is 16.3. The topological polar surface area (TPSA) is 47.0 Å². The minimum atomic E-state index is -0.457. The molecule has 1 atom stereocenters. The number of carbonyl (C=O) groups excluding carboxylic acids is 1. The van der Waals surface area contributed by atoms with E-state index in [0.29, 0.717) is 13.1 Å². The molecular weight excluding hydrogens is 254 g/mol. The highest BCUT2D eigenvalue weighted by Crippen LogP contribution is 2.11. The Morgan fingerprint density at radius 3 is 2.25 bits per heavy atom. The van der Waals surface area contributed by atoms with Gasteiger partial charge in [0, 0.05) is 52.2 Å². The summed E-state index contributed by atoms with van der Waals surface area (Å²) in [5.41, 5.74) is 0. The predicted octanol–water partition coefficient (Wildman–Crippen LogP) is 0.489. The quantitative estimate of drug-likeness (QED) is 0.739. The Labute approximate surface area is 123 Å². The molecule has 0 aromatic rings. The molecule has 0 aliphatic carbocycles. The zero-order valence-electron chi connectivity index (χ0n) is 13.5. The van der Waals surface area contributed by atoms with Gasteiger partial charge in [0.15, 0.2) is 0 Å². The average Bonchev–Trinajstić information content (AvgIpc) is 2.42. The second kappa shape index (κ2) is 8.60. The summed E-state index contributed by atoms with van der Waals surface area (Å²) in [5, 5.41) is 10.2. The van der Waals surface area contributed by atoms with E-state index in [9.17, 15) is 9.90 Å². The monoisotopic (exact) mass is 285 g/mol. The lowest BCUT2D eigenvalue weighted by atomic mass is 10.0. The van der Waals surface area contributed by atoms with Crippen molar-refractivity contribution in [2.45, 2.75) is 32.8 Å². The first-order valence-electron chi connectivity index (χ1n) is 7.81. The van der Waals surface area contributed by atoms with Crippen LogP contribution in [0.3, 0.4) is 0 Å². The minimum absolute atomic E-state index is 0.0934. The third-order valence-electron chi connectivity index (χ3n) is 4.26. The van der Waals surface area contributed by atoms with Crippen LogP contribution in [0.15, 0.2) is 0 Å². The first kappa shape index (κ1) is 17.4. The molecule has 1 amide bonds. The molecule has 1 fully saturated rings. The zero-order chi connectivity index (χ0) is 15.1. The number of rotatable bonds is 7. The standard InChI is InChI=1S/C15H31N3O2/c1-5-13(6-2)15(20)17(4)11-14(19)12-18-9-7-16(3)8-10-18/h13-14,19H,5-12H2,1-4H3. The van der Waals surface area contributed by atoms with E-state index in [4.69, 9.17) is 0 Å². The number of nitrogens with zero attached hydrogens (tertiary/aromatic N) is 3. The maximum atomic E-state index is 12.2. The average molecular weight is 285 g/mol. The molecule has 0 saturated carbocycles. The van der Waals surface area contributed by atoms with Gasteiger partial charge in [-0.3, -0.25) is 9.69 Å². The van der Waals surface area contributed by atoms with Gasteiger partial charge in [-0.15, -0.1) is 0 Å². The summed E-state index contributed by atoms with van der Waals surface area (Å²) in [6.45, 7) is 9.27. The smallest absolute Gasteiger partial charge is 0.225 e. The summed E-state index contributed by atoms with van der Waals surface area (Å²) in [6, 6.07) is 0. The number of aliphatic hydroxyl groups excluding tert-OH is 1. The van der Waals surface area contributed by atoms with E-state index in [1.807, 2.05) is 13.8 Å². The molecule has 1 unspecified atom stereocenters. The zero-order valence-corrected chi connectivity index (χ0v) is 13.5.